The van der Waals surface area contributed by atoms with Crippen LogP contribution < -0.4 is 25.7 Å². The second-order valence-electron chi connectivity index (χ2n) is 13.2. The van der Waals surface area contributed by atoms with E-state index in [1.54, 1.807) is 55.8 Å². The van der Waals surface area contributed by atoms with Gasteiger partial charge in [-0.3, -0.25) is 4.79 Å². The first-order chi connectivity index (χ1) is 23.2. The molecule has 0 radical (unpaired) electrons. The van der Waals surface area contributed by atoms with Crippen molar-refractivity contribution in [2.24, 2.45) is 0 Å². The Bertz CT molecular complexity index is 1870. The monoisotopic (exact) mass is 710 g/mol. The zero-order valence-electron chi connectivity index (χ0n) is 29.1. The first-order valence-corrected chi connectivity index (χ1v) is 16.9. The van der Waals surface area contributed by atoms with E-state index in [4.69, 9.17) is 48.1 Å². The molecule has 1 saturated heterocycles. The molecule has 13 heteroatoms. The molecule has 0 atom stereocenters. The molecule has 49 heavy (non-hydrogen) atoms. The Balaban J connectivity index is 1.71. The third-order valence-electron chi connectivity index (χ3n) is 8.56. The lowest BCUT2D eigenvalue weighted by molar-refractivity contribution is 0.0598. The van der Waals surface area contributed by atoms with Gasteiger partial charge in [0.2, 0.25) is 0 Å². The fraction of sp³-hybridized carbons (Fsp3) is 0.417. The van der Waals surface area contributed by atoms with Gasteiger partial charge in [0.25, 0.3) is 5.56 Å². The fourth-order valence-electron chi connectivity index (χ4n) is 6.03. The normalized spacial score (nSPS) is 14.2. The molecule has 0 bridgehead atoms. The first-order valence-electron chi connectivity index (χ1n) is 16.2. The summed E-state index contributed by atoms with van der Waals surface area (Å²) in [5.41, 5.74) is 8.05. The SMILES string of the molecule is COc1cc(OC)c(Cl)c(-c2cc3cnc(N(C(=O)OC(C)(C)C)c4c(C)cccc4N)cc3n(CCCN3CCN(C)CC3)c2=O)c1Cl. The second-order valence-corrected chi connectivity index (χ2v) is 14.0. The molecule has 1 aliphatic heterocycles. The van der Waals surface area contributed by atoms with Crippen molar-refractivity contribution in [2.45, 2.75) is 46.3 Å². The third-order valence-corrected chi connectivity index (χ3v) is 9.31. The van der Waals surface area contributed by atoms with Crippen LogP contribution >= 0.6 is 23.2 Å². The van der Waals surface area contributed by atoms with Crippen molar-refractivity contribution in [3.05, 3.63) is 68.6 Å². The van der Waals surface area contributed by atoms with Crippen LogP contribution in [0.1, 0.15) is 32.8 Å². The number of fused-ring (bicyclic) bond motifs is 1. The van der Waals surface area contributed by atoms with Crippen molar-refractivity contribution in [3.63, 3.8) is 0 Å². The molecule has 2 aromatic carbocycles. The van der Waals surface area contributed by atoms with Crippen LogP contribution in [0.3, 0.4) is 0 Å². The molecular weight excluding hydrogens is 667 g/mol. The van der Waals surface area contributed by atoms with Crippen LogP contribution in [-0.2, 0) is 11.3 Å². The second kappa shape index (κ2) is 14.8. The molecular formula is C36H44Cl2N6O5. The number of carbonyl (C=O) groups is 1. The number of nitrogens with two attached hydrogens (primary N) is 1. The van der Waals surface area contributed by atoms with Crippen molar-refractivity contribution in [2.75, 3.05) is 64.6 Å². The lowest BCUT2D eigenvalue weighted by Gasteiger charge is -2.32. The summed E-state index contributed by atoms with van der Waals surface area (Å²) in [6, 6.07) is 10.4. The van der Waals surface area contributed by atoms with E-state index < -0.39 is 11.7 Å². The van der Waals surface area contributed by atoms with Crippen LogP contribution in [0.4, 0.5) is 22.0 Å². The highest BCUT2D eigenvalue weighted by molar-refractivity contribution is 6.41. The van der Waals surface area contributed by atoms with Gasteiger partial charge in [0.15, 0.2) is 0 Å². The van der Waals surface area contributed by atoms with Crippen molar-refractivity contribution in [1.82, 2.24) is 19.4 Å². The summed E-state index contributed by atoms with van der Waals surface area (Å²) in [5.74, 6) is 0.884. The smallest absolute Gasteiger partial charge is 0.420 e. The Labute approximate surface area is 297 Å². The average Bonchev–Trinajstić information content (AvgIpc) is 3.04. The van der Waals surface area contributed by atoms with Gasteiger partial charge in [0.1, 0.15) is 22.9 Å². The van der Waals surface area contributed by atoms with E-state index in [1.165, 1.54) is 19.1 Å². The first kappa shape index (κ1) is 36.3. The summed E-state index contributed by atoms with van der Waals surface area (Å²) in [5, 5.41) is 1.00. The van der Waals surface area contributed by atoms with Gasteiger partial charge in [-0.05, 0) is 65.4 Å². The van der Waals surface area contributed by atoms with Gasteiger partial charge in [0, 0.05) is 62.0 Å². The predicted octanol–water partition coefficient (Wildman–Crippen LogP) is 6.99. The van der Waals surface area contributed by atoms with E-state index in [-0.39, 0.29) is 27.0 Å². The molecule has 11 nitrogen and oxygen atoms in total. The average molecular weight is 712 g/mol. The lowest BCUT2D eigenvalue weighted by atomic mass is 10.0. The third kappa shape index (κ3) is 7.75. The number of carbonyl (C=O) groups excluding carboxylic acids is 1. The maximum Gasteiger partial charge on any atom is 0.420 e. The molecule has 2 N–H and O–H groups in total. The minimum atomic E-state index is -0.791. The van der Waals surface area contributed by atoms with Gasteiger partial charge in [0.05, 0.1) is 46.7 Å². The number of rotatable bonds is 9. The summed E-state index contributed by atoms with van der Waals surface area (Å²) in [6.45, 7) is 12.3. The maximum absolute atomic E-state index is 14.6. The Kier molecular flexibility index (Phi) is 11.0. The number of halogens is 2. The van der Waals surface area contributed by atoms with E-state index in [9.17, 15) is 9.59 Å². The number of amides is 1. The summed E-state index contributed by atoms with van der Waals surface area (Å²) in [4.78, 5) is 39.2. The number of para-hydroxylation sites is 1. The number of methoxy groups -OCH3 is 2. The largest absolute Gasteiger partial charge is 0.495 e. The number of aryl methyl sites for hydroxylation is 2. The standard InChI is InChI=1S/C36H44Cl2N6O5/c1-22-10-8-11-25(39)33(22)44(35(46)49-36(2,3)4)29-19-26-23(21-40-29)18-24(30-31(37)27(47-6)20-28(48-7)32(30)38)34(45)43(26)13-9-12-42-16-14-41(5)15-17-42/h8,10-11,18-21H,9,12-17,39H2,1-7H3. The number of pyridine rings is 2. The van der Waals surface area contributed by atoms with Crippen molar-refractivity contribution in [1.29, 1.82) is 0 Å². The molecule has 1 aliphatic rings. The van der Waals surface area contributed by atoms with E-state index in [1.807, 2.05) is 19.1 Å². The Hall–Kier alpha value is -4.03. The number of nitrogen functional groups attached to an aromatic ring is 1. The van der Waals surface area contributed by atoms with Crippen molar-refractivity contribution in [3.8, 4) is 22.6 Å². The number of ether oxygens (including phenoxy) is 3. The number of hydrogen-bond acceptors (Lipinski definition) is 9. The predicted molar refractivity (Wildman–Crippen MR) is 197 cm³/mol. The van der Waals surface area contributed by atoms with E-state index in [0.29, 0.717) is 52.3 Å². The highest BCUT2D eigenvalue weighted by Crippen LogP contribution is 2.45. The van der Waals surface area contributed by atoms with Crippen LogP contribution in [0.25, 0.3) is 22.0 Å². The van der Waals surface area contributed by atoms with Crippen LogP contribution in [0.15, 0.2) is 47.4 Å². The highest BCUT2D eigenvalue weighted by Gasteiger charge is 2.30. The maximum atomic E-state index is 14.6. The summed E-state index contributed by atoms with van der Waals surface area (Å²) < 4.78 is 18.5. The van der Waals surface area contributed by atoms with Crippen LogP contribution in [0, 0.1) is 6.92 Å². The number of aromatic nitrogens is 2. The molecule has 4 aromatic rings. The molecule has 1 amide bonds. The number of benzene rings is 2. The van der Waals surface area contributed by atoms with Gasteiger partial charge in [-0.2, -0.15) is 0 Å². The Morgan fingerprint density at radius 2 is 1.65 bits per heavy atom. The Morgan fingerprint density at radius 1 is 1.00 bits per heavy atom. The molecule has 2 aromatic heterocycles. The van der Waals surface area contributed by atoms with Gasteiger partial charge in [-0.1, -0.05) is 35.3 Å². The quantitative estimate of drug-likeness (QED) is 0.184. The highest BCUT2D eigenvalue weighted by atomic mass is 35.5. The van der Waals surface area contributed by atoms with Crippen LogP contribution in [-0.4, -0.2) is 85.0 Å². The number of nitrogens with zero attached hydrogens (tertiary/aromatic N) is 5. The lowest BCUT2D eigenvalue weighted by Crippen LogP contribution is -2.44. The van der Waals surface area contributed by atoms with Crippen molar-refractivity contribution >= 4 is 57.4 Å². The molecule has 0 unspecified atom stereocenters. The van der Waals surface area contributed by atoms with Gasteiger partial charge in [-0.15, -0.1) is 0 Å². The van der Waals surface area contributed by atoms with Gasteiger partial charge >= 0.3 is 6.09 Å². The van der Waals surface area contributed by atoms with Crippen LogP contribution in [0.2, 0.25) is 10.0 Å². The number of piperazine rings is 1. The van der Waals surface area contributed by atoms with E-state index >= 15 is 0 Å². The van der Waals surface area contributed by atoms with E-state index in [2.05, 4.69) is 16.8 Å². The van der Waals surface area contributed by atoms with Crippen LogP contribution in [0.5, 0.6) is 11.5 Å². The number of hydrogen-bond donors (Lipinski definition) is 1. The summed E-state index contributed by atoms with van der Waals surface area (Å²) in [6.07, 6.45) is 1.67. The number of likely N-dealkylation sites (N-methyl/N-ethyl adjacent to an activating group) is 1. The molecule has 3 heterocycles. The summed E-state index contributed by atoms with van der Waals surface area (Å²) >= 11 is 13.6. The molecule has 0 spiro atoms. The fourth-order valence-corrected chi connectivity index (χ4v) is 6.73. The molecule has 1 fully saturated rings. The zero-order chi connectivity index (χ0) is 35.6. The van der Waals surface area contributed by atoms with Crippen molar-refractivity contribution < 1.29 is 19.0 Å². The molecule has 0 aliphatic carbocycles. The Morgan fingerprint density at radius 3 is 2.24 bits per heavy atom. The molecule has 5 rings (SSSR count). The molecule has 262 valence electrons. The minimum Gasteiger partial charge on any atom is -0.495 e. The zero-order valence-corrected chi connectivity index (χ0v) is 30.6. The topological polar surface area (TPSA) is 115 Å². The summed E-state index contributed by atoms with van der Waals surface area (Å²) in [7, 11) is 5.09. The van der Waals surface area contributed by atoms with E-state index in [0.717, 1.165) is 38.3 Å². The van der Waals surface area contributed by atoms with Gasteiger partial charge in [-0.25, -0.2) is 14.7 Å². The molecule has 0 saturated carbocycles. The minimum absolute atomic E-state index is 0.185. The van der Waals surface area contributed by atoms with Gasteiger partial charge < -0.3 is 34.3 Å². The number of anilines is 3.